The van der Waals surface area contributed by atoms with Crippen LogP contribution in [0.15, 0.2) is 48.5 Å². The molecule has 3 nitrogen and oxygen atoms in total. The first-order valence-corrected chi connectivity index (χ1v) is 9.74. The third kappa shape index (κ3) is 4.59. The second-order valence-corrected chi connectivity index (χ2v) is 7.40. The van der Waals surface area contributed by atoms with Gasteiger partial charge in [0, 0.05) is 36.0 Å². The molecule has 1 aliphatic heterocycles. The Kier molecular flexibility index (Phi) is 6.20. The third-order valence-corrected chi connectivity index (χ3v) is 5.22. The Labute approximate surface area is 160 Å². The lowest BCUT2D eigenvalue weighted by atomic mass is 9.94. The van der Waals surface area contributed by atoms with Crippen molar-refractivity contribution in [1.82, 2.24) is 0 Å². The molecule has 3 rings (SSSR count). The van der Waals surface area contributed by atoms with Gasteiger partial charge in [0.2, 0.25) is 0 Å². The molecule has 0 radical (unpaired) electrons. The molecule has 26 heavy (non-hydrogen) atoms. The fourth-order valence-electron chi connectivity index (χ4n) is 3.41. The average molecular weight is 372 g/mol. The molecule has 0 aromatic heterocycles. The summed E-state index contributed by atoms with van der Waals surface area (Å²) in [6.07, 6.45) is 2.69. The summed E-state index contributed by atoms with van der Waals surface area (Å²) in [6, 6.07) is 15.9. The van der Waals surface area contributed by atoms with Gasteiger partial charge in [-0.2, -0.15) is 0 Å². The molecule has 0 N–H and O–H groups in total. The number of nitrogens with zero attached hydrogens (tertiary/aromatic N) is 1. The van der Waals surface area contributed by atoms with Crippen LogP contribution >= 0.6 is 11.6 Å². The minimum atomic E-state index is -0.0474. The van der Waals surface area contributed by atoms with E-state index in [9.17, 15) is 4.79 Å². The van der Waals surface area contributed by atoms with Crippen molar-refractivity contribution >= 4 is 23.1 Å². The number of rotatable bonds is 7. The molecule has 0 aliphatic carbocycles. The predicted octanol–water partition coefficient (Wildman–Crippen LogP) is 5.47. The van der Waals surface area contributed by atoms with Crippen LogP contribution in [-0.2, 0) is 4.79 Å². The highest BCUT2D eigenvalue weighted by Crippen LogP contribution is 2.27. The van der Waals surface area contributed by atoms with Crippen LogP contribution < -0.4 is 9.64 Å². The molecule has 0 saturated carbocycles. The number of ketones is 1. The summed E-state index contributed by atoms with van der Waals surface area (Å²) < 4.78 is 6.14. The number of anilines is 1. The van der Waals surface area contributed by atoms with Crippen LogP contribution in [0.5, 0.6) is 5.75 Å². The highest BCUT2D eigenvalue weighted by Gasteiger charge is 2.24. The Morgan fingerprint density at radius 2 is 2.04 bits per heavy atom. The number of carbonyl (C=O) groups is 1. The summed E-state index contributed by atoms with van der Waals surface area (Å²) in [4.78, 5) is 14.4. The molecule has 1 saturated heterocycles. The molecule has 2 atom stereocenters. The van der Waals surface area contributed by atoms with Gasteiger partial charge in [0.1, 0.15) is 17.6 Å². The fraction of sp³-hybridized carbons (Fsp3) is 0.409. The number of Topliss-reactive ketones (excluding diaryl/α,β-unsaturated/α-hetero) is 1. The Morgan fingerprint density at radius 1 is 1.27 bits per heavy atom. The van der Waals surface area contributed by atoms with Crippen LogP contribution in [0.25, 0.3) is 0 Å². The first-order valence-electron chi connectivity index (χ1n) is 9.36. The van der Waals surface area contributed by atoms with E-state index >= 15 is 0 Å². The maximum atomic E-state index is 12.1. The molecular weight excluding hydrogens is 346 g/mol. The van der Waals surface area contributed by atoms with E-state index in [0.717, 1.165) is 48.0 Å². The summed E-state index contributed by atoms with van der Waals surface area (Å²) in [5.41, 5.74) is 2.20. The first kappa shape index (κ1) is 18.8. The zero-order valence-corrected chi connectivity index (χ0v) is 16.2. The van der Waals surface area contributed by atoms with Crippen molar-refractivity contribution in [3.8, 4) is 5.75 Å². The minimum absolute atomic E-state index is 0.0474. The van der Waals surface area contributed by atoms with Gasteiger partial charge < -0.3 is 9.64 Å². The Bertz CT molecular complexity index is 744. The number of hydrogen-bond acceptors (Lipinski definition) is 3. The topological polar surface area (TPSA) is 29.5 Å². The average Bonchev–Trinajstić information content (AvgIpc) is 3.10. The molecule has 2 aromatic rings. The maximum Gasteiger partial charge on any atom is 0.140 e. The van der Waals surface area contributed by atoms with Crippen molar-refractivity contribution in [3.05, 3.63) is 59.1 Å². The molecule has 1 aliphatic rings. The number of hydrogen-bond donors (Lipinski definition) is 0. The largest absolute Gasteiger partial charge is 0.489 e. The standard InChI is InChI=1S/C22H26ClNO2/c1-3-5-22(25)16(2)17-8-10-20(11-9-17)26-21-12-13-24(15-21)19-7-4-6-18(23)14-19/h4,6-11,14,16,21H,3,5,12-13,15H2,1-2H3/t16?,21-/m1/s1. The lowest BCUT2D eigenvalue weighted by molar-refractivity contribution is -0.120. The quantitative estimate of drug-likeness (QED) is 0.646. The SMILES string of the molecule is CCCC(=O)C(C)c1ccc(O[C@@H]2CCN(c3cccc(Cl)c3)C2)cc1. The van der Waals surface area contributed by atoms with Crippen LogP contribution in [0.4, 0.5) is 5.69 Å². The smallest absolute Gasteiger partial charge is 0.140 e. The molecule has 4 heteroatoms. The number of benzene rings is 2. The van der Waals surface area contributed by atoms with Gasteiger partial charge in [-0.1, -0.05) is 43.6 Å². The first-order chi connectivity index (χ1) is 12.6. The van der Waals surface area contributed by atoms with Gasteiger partial charge in [-0.05, 0) is 42.3 Å². The maximum absolute atomic E-state index is 12.1. The van der Waals surface area contributed by atoms with E-state index < -0.39 is 0 Å². The Hall–Kier alpha value is -2.00. The zero-order valence-electron chi connectivity index (χ0n) is 15.5. The van der Waals surface area contributed by atoms with Gasteiger partial charge in [-0.25, -0.2) is 0 Å². The molecular formula is C22H26ClNO2. The van der Waals surface area contributed by atoms with Crippen molar-refractivity contribution in [2.75, 3.05) is 18.0 Å². The van der Waals surface area contributed by atoms with E-state index in [0.29, 0.717) is 12.2 Å². The van der Waals surface area contributed by atoms with Crippen LogP contribution in [-0.4, -0.2) is 25.0 Å². The van der Waals surface area contributed by atoms with Crippen LogP contribution in [0, 0.1) is 0 Å². The van der Waals surface area contributed by atoms with Gasteiger partial charge in [0.25, 0.3) is 0 Å². The van der Waals surface area contributed by atoms with E-state index in [1.165, 1.54) is 0 Å². The van der Waals surface area contributed by atoms with E-state index in [1.54, 1.807) is 0 Å². The molecule has 1 fully saturated rings. The van der Waals surface area contributed by atoms with Crippen molar-refractivity contribution in [1.29, 1.82) is 0 Å². The predicted molar refractivity (Wildman–Crippen MR) is 107 cm³/mol. The highest BCUT2D eigenvalue weighted by atomic mass is 35.5. The Morgan fingerprint density at radius 3 is 2.73 bits per heavy atom. The van der Waals surface area contributed by atoms with Crippen molar-refractivity contribution in [2.45, 2.75) is 45.1 Å². The molecule has 0 spiro atoms. The molecule has 0 amide bonds. The van der Waals surface area contributed by atoms with E-state index in [2.05, 4.69) is 11.0 Å². The summed E-state index contributed by atoms with van der Waals surface area (Å²) in [5, 5.41) is 0.759. The third-order valence-electron chi connectivity index (χ3n) is 4.98. The van der Waals surface area contributed by atoms with E-state index in [4.69, 9.17) is 16.3 Å². The van der Waals surface area contributed by atoms with Gasteiger partial charge in [0.05, 0.1) is 6.54 Å². The monoisotopic (exact) mass is 371 g/mol. The summed E-state index contributed by atoms with van der Waals surface area (Å²) in [7, 11) is 0. The van der Waals surface area contributed by atoms with Gasteiger partial charge in [-0.15, -0.1) is 0 Å². The highest BCUT2D eigenvalue weighted by molar-refractivity contribution is 6.30. The molecule has 138 valence electrons. The van der Waals surface area contributed by atoms with Crippen LogP contribution in [0.2, 0.25) is 5.02 Å². The second-order valence-electron chi connectivity index (χ2n) is 6.96. The molecule has 1 unspecified atom stereocenters. The Balaban J connectivity index is 1.57. The lowest BCUT2D eigenvalue weighted by Crippen LogP contribution is -2.24. The fourth-order valence-corrected chi connectivity index (χ4v) is 3.59. The van der Waals surface area contributed by atoms with Crippen molar-refractivity contribution < 1.29 is 9.53 Å². The van der Waals surface area contributed by atoms with Gasteiger partial charge in [0.15, 0.2) is 0 Å². The number of halogens is 1. The van der Waals surface area contributed by atoms with Crippen LogP contribution in [0.3, 0.4) is 0 Å². The summed E-state index contributed by atoms with van der Waals surface area (Å²) in [6.45, 7) is 5.84. The lowest BCUT2D eigenvalue weighted by Gasteiger charge is -2.19. The van der Waals surface area contributed by atoms with Gasteiger partial charge >= 0.3 is 0 Å². The number of carbonyl (C=O) groups excluding carboxylic acids is 1. The zero-order chi connectivity index (χ0) is 18.5. The van der Waals surface area contributed by atoms with Crippen LogP contribution in [0.1, 0.15) is 44.6 Å². The summed E-state index contributed by atoms with van der Waals surface area (Å²) in [5.74, 6) is 1.12. The van der Waals surface area contributed by atoms with E-state index in [-0.39, 0.29) is 12.0 Å². The normalized spacial score (nSPS) is 18.0. The van der Waals surface area contributed by atoms with Crippen molar-refractivity contribution in [2.24, 2.45) is 0 Å². The molecule has 1 heterocycles. The number of ether oxygens (including phenoxy) is 1. The summed E-state index contributed by atoms with van der Waals surface area (Å²) >= 11 is 6.09. The van der Waals surface area contributed by atoms with Crippen molar-refractivity contribution in [3.63, 3.8) is 0 Å². The molecule has 2 aromatic carbocycles. The van der Waals surface area contributed by atoms with Gasteiger partial charge in [-0.3, -0.25) is 4.79 Å². The van der Waals surface area contributed by atoms with E-state index in [1.807, 2.05) is 56.3 Å². The second kappa shape index (κ2) is 8.59. The molecule has 0 bridgehead atoms. The minimum Gasteiger partial charge on any atom is -0.489 e.